The van der Waals surface area contributed by atoms with Crippen LogP contribution in [0.2, 0.25) is 0 Å². The molecule has 1 aromatic rings. The van der Waals surface area contributed by atoms with Gasteiger partial charge in [-0.05, 0) is 50.5 Å². The van der Waals surface area contributed by atoms with Gasteiger partial charge in [0.15, 0.2) is 0 Å². The Morgan fingerprint density at radius 3 is 2.48 bits per heavy atom. The molecule has 25 heavy (non-hydrogen) atoms. The second-order valence-electron chi connectivity index (χ2n) is 6.14. The Hall–Kier alpha value is -1.93. The quantitative estimate of drug-likeness (QED) is 0.748. The highest BCUT2D eigenvalue weighted by Crippen LogP contribution is 2.27. The number of carbonyl (C=O) groups excluding carboxylic acids is 2. The van der Waals surface area contributed by atoms with E-state index in [-0.39, 0.29) is 28.7 Å². The first-order valence-electron chi connectivity index (χ1n) is 8.38. The number of amides is 1. The largest absolute Gasteiger partial charge is 0.466 e. The van der Waals surface area contributed by atoms with Crippen LogP contribution < -0.4 is 10.0 Å². The Labute approximate surface area is 148 Å². The molecule has 1 amide bonds. The zero-order valence-corrected chi connectivity index (χ0v) is 15.3. The van der Waals surface area contributed by atoms with Crippen molar-refractivity contribution in [2.45, 2.75) is 50.5 Å². The summed E-state index contributed by atoms with van der Waals surface area (Å²) < 4.78 is 32.8. The fraction of sp³-hybridized carbons (Fsp3) is 0.529. The lowest BCUT2D eigenvalue weighted by atomic mass is 9.86. The number of hydrogen-bond acceptors (Lipinski definition) is 5. The molecule has 0 heterocycles. The normalized spacial score (nSPS) is 20.7. The van der Waals surface area contributed by atoms with E-state index in [4.69, 9.17) is 4.74 Å². The maximum Gasteiger partial charge on any atom is 0.308 e. The zero-order valence-electron chi connectivity index (χ0n) is 14.4. The number of benzene rings is 1. The van der Waals surface area contributed by atoms with Crippen LogP contribution in [0.4, 0.5) is 5.69 Å². The first-order valence-corrected chi connectivity index (χ1v) is 9.86. The molecule has 2 atom stereocenters. The highest BCUT2D eigenvalue weighted by molar-refractivity contribution is 7.89. The van der Waals surface area contributed by atoms with Gasteiger partial charge in [0.25, 0.3) is 0 Å². The smallest absolute Gasteiger partial charge is 0.308 e. The van der Waals surface area contributed by atoms with Gasteiger partial charge in [-0.15, -0.1) is 0 Å². The number of rotatable bonds is 6. The van der Waals surface area contributed by atoms with Crippen molar-refractivity contribution in [3.63, 3.8) is 0 Å². The van der Waals surface area contributed by atoms with Crippen LogP contribution in [0.5, 0.6) is 0 Å². The number of nitrogens with one attached hydrogen (secondary N) is 2. The van der Waals surface area contributed by atoms with Crippen molar-refractivity contribution in [1.82, 2.24) is 4.72 Å². The third-order valence-electron chi connectivity index (χ3n) is 4.10. The van der Waals surface area contributed by atoms with E-state index in [1.165, 1.54) is 31.2 Å². The maximum atomic E-state index is 12.5. The lowest BCUT2D eigenvalue weighted by Crippen LogP contribution is -2.40. The molecule has 2 rings (SSSR count). The van der Waals surface area contributed by atoms with Crippen LogP contribution in [-0.4, -0.2) is 32.9 Å². The summed E-state index contributed by atoms with van der Waals surface area (Å²) in [5.74, 6) is -0.740. The Balaban J connectivity index is 2.02. The number of ether oxygens (including phenoxy) is 1. The van der Waals surface area contributed by atoms with Gasteiger partial charge >= 0.3 is 5.97 Å². The van der Waals surface area contributed by atoms with Gasteiger partial charge < -0.3 is 10.1 Å². The summed E-state index contributed by atoms with van der Waals surface area (Å²) in [7, 11) is -3.68. The fourth-order valence-corrected chi connectivity index (χ4v) is 4.26. The molecule has 8 heteroatoms. The second kappa shape index (κ2) is 8.44. The van der Waals surface area contributed by atoms with Gasteiger partial charge in [-0.25, -0.2) is 13.1 Å². The number of carbonyl (C=O) groups is 2. The van der Waals surface area contributed by atoms with Crippen LogP contribution in [0.25, 0.3) is 0 Å². The lowest BCUT2D eigenvalue weighted by molar-refractivity contribution is -0.149. The SMILES string of the molecule is CCOC(=O)[C@H]1CCC[C@H](NS(=O)(=O)c2ccc(NC(C)=O)cc2)C1. The van der Waals surface area contributed by atoms with Crippen molar-refractivity contribution < 1.29 is 22.7 Å². The first kappa shape index (κ1) is 19.4. The molecule has 1 saturated carbocycles. The molecule has 138 valence electrons. The van der Waals surface area contributed by atoms with E-state index in [0.717, 1.165) is 12.8 Å². The molecule has 0 radical (unpaired) electrons. The predicted octanol–water partition coefficient (Wildman–Crippen LogP) is 2.05. The van der Waals surface area contributed by atoms with Crippen molar-refractivity contribution in [2.75, 3.05) is 11.9 Å². The summed E-state index contributed by atoms with van der Waals surface area (Å²) in [6, 6.07) is 5.68. The third kappa shape index (κ3) is 5.54. The number of hydrogen-bond donors (Lipinski definition) is 2. The van der Waals surface area contributed by atoms with Crippen molar-refractivity contribution >= 4 is 27.6 Å². The average molecular weight is 368 g/mol. The molecule has 1 aliphatic rings. The molecule has 1 fully saturated rings. The van der Waals surface area contributed by atoms with Crippen molar-refractivity contribution in [2.24, 2.45) is 5.92 Å². The molecule has 0 saturated heterocycles. The van der Waals surface area contributed by atoms with Crippen LogP contribution in [0, 0.1) is 5.92 Å². The van der Waals surface area contributed by atoms with E-state index in [1.807, 2.05) is 0 Å². The molecule has 1 aliphatic carbocycles. The summed E-state index contributed by atoms with van der Waals surface area (Å²) in [6.45, 7) is 3.47. The number of sulfonamides is 1. The first-order chi connectivity index (χ1) is 11.8. The van der Waals surface area contributed by atoms with Crippen LogP contribution in [-0.2, 0) is 24.3 Å². The highest BCUT2D eigenvalue weighted by atomic mass is 32.2. The number of anilines is 1. The van der Waals surface area contributed by atoms with Gasteiger partial charge in [-0.3, -0.25) is 9.59 Å². The summed E-state index contributed by atoms with van der Waals surface area (Å²) >= 11 is 0. The Morgan fingerprint density at radius 2 is 1.88 bits per heavy atom. The van der Waals surface area contributed by atoms with Crippen LogP contribution in [0.1, 0.15) is 39.5 Å². The molecule has 2 N–H and O–H groups in total. The molecule has 0 spiro atoms. The number of esters is 1. The fourth-order valence-electron chi connectivity index (χ4n) is 2.98. The van der Waals surface area contributed by atoms with Gasteiger partial charge in [0.2, 0.25) is 15.9 Å². The zero-order chi connectivity index (χ0) is 18.4. The average Bonchev–Trinajstić information content (AvgIpc) is 2.55. The maximum absolute atomic E-state index is 12.5. The van der Waals surface area contributed by atoms with E-state index < -0.39 is 10.0 Å². The summed E-state index contributed by atoms with van der Waals surface area (Å²) in [6.07, 6.45) is 2.64. The monoisotopic (exact) mass is 368 g/mol. The van der Waals surface area contributed by atoms with E-state index in [2.05, 4.69) is 10.0 Å². The molecule has 7 nitrogen and oxygen atoms in total. The van der Waals surface area contributed by atoms with Gasteiger partial charge in [-0.2, -0.15) is 0 Å². The van der Waals surface area contributed by atoms with E-state index in [9.17, 15) is 18.0 Å². The Kier molecular flexibility index (Phi) is 6.55. The van der Waals surface area contributed by atoms with Gasteiger partial charge in [0, 0.05) is 18.7 Å². The molecule has 0 aliphatic heterocycles. The molecule has 0 aromatic heterocycles. The van der Waals surface area contributed by atoms with Gasteiger partial charge in [0.1, 0.15) is 0 Å². The van der Waals surface area contributed by atoms with E-state index in [1.54, 1.807) is 6.92 Å². The summed E-state index contributed by atoms with van der Waals surface area (Å²) in [5, 5.41) is 2.59. The van der Waals surface area contributed by atoms with Crippen molar-refractivity contribution in [3.8, 4) is 0 Å². The van der Waals surface area contributed by atoms with Gasteiger partial charge in [0.05, 0.1) is 17.4 Å². The van der Waals surface area contributed by atoms with E-state index in [0.29, 0.717) is 25.1 Å². The summed E-state index contributed by atoms with van der Waals surface area (Å²) in [5.41, 5.74) is 0.534. The molecular formula is C17H24N2O5S. The standard InChI is InChI=1S/C17H24N2O5S/c1-3-24-17(21)13-5-4-6-15(11-13)19-25(22,23)16-9-7-14(8-10-16)18-12(2)20/h7-10,13,15,19H,3-6,11H2,1-2H3,(H,18,20)/t13-,15-/m0/s1. The highest BCUT2D eigenvalue weighted by Gasteiger charge is 2.30. The molecule has 0 bridgehead atoms. The van der Waals surface area contributed by atoms with E-state index >= 15 is 0 Å². The third-order valence-corrected chi connectivity index (χ3v) is 5.64. The van der Waals surface area contributed by atoms with Gasteiger partial charge in [-0.1, -0.05) is 6.42 Å². The van der Waals surface area contributed by atoms with Crippen LogP contribution in [0.3, 0.4) is 0 Å². The molecule has 1 aromatic carbocycles. The van der Waals surface area contributed by atoms with Crippen molar-refractivity contribution in [3.05, 3.63) is 24.3 Å². The minimum Gasteiger partial charge on any atom is -0.466 e. The summed E-state index contributed by atoms with van der Waals surface area (Å²) in [4.78, 5) is 23.0. The second-order valence-corrected chi connectivity index (χ2v) is 7.85. The Bertz CT molecular complexity index is 715. The minimum atomic E-state index is -3.68. The molecule has 0 unspecified atom stereocenters. The minimum absolute atomic E-state index is 0.125. The van der Waals surface area contributed by atoms with Crippen molar-refractivity contribution in [1.29, 1.82) is 0 Å². The lowest BCUT2D eigenvalue weighted by Gasteiger charge is -2.28. The molecular weight excluding hydrogens is 344 g/mol. The van der Waals surface area contributed by atoms with Crippen LogP contribution in [0.15, 0.2) is 29.2 Å². The predicted molar refractivity (Wildman–Crippen MR) is 93.4 cm³/mol. The topological polar surface area (TPSA) is 102 Å². The Morgan fingerprint density at radius 1 is 1.20 bits per heavy atom. The van der Waals surface area contributed by atoms with Crippen LogP contribution >= 0.6 is 0 Å².